The van der Waals surface area contributed by atoms with Gasteiger partial charge in [-0.15, -0.1) is 0 Å². The molecule has 0 aromatic heterocycles. The van der Waals surface area contributed by atoms with Gasteiger partial charge >= 0.3 is 18.0 Å². The van der Waals surface area contributed by atoms with E-state index in [4.69, 9.17) is 9.47 Å². The average Bonchev–Trinajstić information content (AvgIpc) is 3.39. The minimum Gasteiger partial charge on any atom is -0.481 e. The molecule has 1 aliphatic heterocycles. The molecular formula is C37H60N2O6. The van der Waals surface area contributed by atoms with Crippen molar-refractivity contribution in [1.82, 2.24) is 10.2 Å². The van der Waals surface area contributed by atoms with Gasteiger partial charge in [-0.3, -0.25) is 9.59 Å². The monoisotopic (exact) mass is 628 g/mol. The molecular weight excluding hydrogens is 568 g/mol. The number of carboxylic acid groups (broad SMARTS) is 1. The Hall–Kier alpha value is -1.83. The predicted octanol–water partition coefficient (Wildman–Crippen LogP) is 7.05. The second-order valence-electron chi connectivity index (χ2n) is 18.1. The number of esters is 1. The van der Waals surface area contributed by atoms with Crippen molar-refractivity contribution < 1.29 is 29.0 Å². The summed E-state index contributed by atoms with van der Waals surface area (Å²) in [4.78, 5) is 40.1. The second kappa shape index (κ2) is 11.1. The zero-order valence-electron chi connectivity index (χ0n) is 29.1. The number of hydrogen-bond donors (Lipinski definition) is 2. The maximum Gasteiger partial charge on any atom is 0.317 e. The van der Waals surface area contributed by atoms with Gasteiger partial charge in [-0.05, 0) is 118 Å². The third-order valence-corrected chi connectivity index (χ3v) is 15.4. The lowest BCUT2D eigenvalue weighted by Gasteiger charge is -2.72. The topological polar surface area (TPSA) is 105 Å². The highest BCUT2D eigenvalue weighted by atomic mass is 16.5. The first-order valence-electron chi connectivity index (χ1n) is 18.1. The fourth-order valence-corrected chi connectivity index (χ4v) is 12.7. The molecule has 2 N–H and O–H groups in total. The summed E-state index contributed by atoms with van der Waals surface area (Å²) in [6.45, 7) is 18.2. The van der Waals surface area contributed by atoms with Crippen molar-refractivity contribution in [2.45, 2.75) is 137 Å². The van der Waals surface area contributed by atoms with E-state index in [1.165, 1.54) is 38.5 Å². The summed E-state index contributed by atoms with van der Waals surface area (Å²) in [5.74, 6) is 0.880. The maximum absolute atomic E-state index is 13.5. The lowest BCUT2D eigenvalue weighted by Crippen LogP contribution is -2.69. The molecule has 0 aromatic rings. The number of amides is 2. The third-order valence-electron chi connectivity index (χ3n) is 15.4. The van der Waals surface area contributed by atoms with E-state index in [0.29, 0.717) is 50.0 Å². The Balaban J connectivity index is 1.20. The minimum absolute atomic E-state index is 0.0665. The molecule has 0 radical (unpaired) electrons. The van der Waals surface area contributed by atoms with Crippen LogP contribution in [0.2, 0.25) is 0 Å². The summed E-state index contributed by atoms with van der Waals surface area (Å²) in [5, 5.41) is 13.2. The SMILES string of the molecule is CC(C)(CC(=O)OC1CCC2(C)C(CCC3(C)C2CCC2C4CCCC4(NC(=O)N4CCOCC4)CC[C@]23C)C1(C)C)C(=O)O. The van der Waals surface area contributed by atoms with E-state index in [-0.39, 0.29) is 51.7 Å². The van der Waals surface area contributed by atoms with Crippen LogP contribution in [-0.4, -0.2) is 65.9 Å². The molecule has 0 bridgehead atoms. The predicted molar refractivity (Wildman–Crippen MR) is 172 cm³/mol. The van der Waals surface area contributed by atoms with Gasteiger partial charge in [-0.2, -0.15) is 0 Å². The molecule has 6 rings (SSSR count). The summed E-state index contributed by atoms with van der Waals surface area (Å²) < 4.78 is 11.7. The molecule has 254 valence electrons. The fourth-order valence-electron chi connectivity index (χ4n) is 12.7. The van der Waals surface area contributed by atoms with Crippen LogP contribution in [0.3, 0.4) is 0 Å². The quantitative estimate of drug-likeness (QED) is 0.316. The highest BCUT2D eigenvalue weighted by Gasteiger charge is 2.70. The lowest BCUT2D eigenvalue weighted by atomic mass is 9.33. The van der Waals surface area contributed by atoms with Crippen LogP contribution in [0.5, 0.6) is 0 Å². The zero-order valence-corrected chi connectivity index (χ0v) is 29.1. The van der Waals surface area contributed by atoms with Crippen molar-refractivity contribution >= 4 is 18.0 Å². The van der Waals surface area contributed by atoms with Gasteiger partial charge in [-0.25, -0.2) is 4.79 Å². The van der Waals surface area contributed by atoms with Gasteiger partial charge in [0.2, 0.25) is 0 Å². The van der Waals surface area contributed by atoms with E-state index in [9.17, 15) is 19.5 Å². The molecule has 0 spiro atoms. The van der Waals surface area contributed by atoms with Crippen molar-refractivity contribution in [3.63, 3.8) is 0 Å². The number of hydrogen-bond acceptors (Lipinski definition) is 5. The molecule has 1 heterocycles. The van der Waals surface area contributed by atoms with E-state index in [2.05, 4.69) is 39.9 Å². The number of aliphatic carboxylic acids is 1. The Bertz CT molecular complexity index is 1200. The van der Waals surface area contributed by atoms with E-state index < -0.39 is 11.4 Å². The molecule has 8 nitrogen and oxygen atoms in total. The molecule has 5 aliphatic carbocycles. The lowest BCUT2D eigenvalue weighted by molar-refractivity contribution is -0.244. The fraction of sp³-hybridized carbons (Fsp3) is 0.919. The number of nitrogens with zero attached hydrogens (tertiary/aromatic N) is 1. The number of rotatable bonds is 5. The molecule has 0 aromatic carbocycles. The van der Waals surface area contributed by atoms with Gasteiger partial charge in [0.15, 0.2) is 0 Å². The van der Waals surface area contributed by atoms with Crippen molar-refractivity contribution in [1.29, 1.82) is 0 Å². The summed E-state index contributed by atoms with van der Waals surface area (Å²) >= 11 is 0. The van der Waals surface area contributed by atoms with Crippen LogP contribution >= 0.6 is 0 Å². The van der Waals surface area contributed by atoms with Gasteiger partial charge in [-0.1, -0.05) is 41.0 Å². The Morgan fingerprint density at radius 1 is 0.844 bits per heavy atom. The number of nitrogens with one attached hydrogen (secondary N) is 1. The van der Waals surface area contributed by atoms with E-state index in [1.807, 2.05) is 4.90 Å². The van der Waals surface area contributed by atoms with Crippen molar-refractivity contribution in [2.75, 3.05) is 26.3 Å². The number of fused-ring (bicyclic) bond motifs is 7. The van der Waals surface area contributed by atoms with Crippen LogP contribution in [0.25, 0.3) is 0 Å². The third kappa shape index (κ3) is 5.04. The Morgan fingerprint density at radius 3 is 2.24 bits per heavy atom. The first-order valence-corrected chi connectivity index (χ1v) is 18.1. The van der Waals surface area contributed by atoms with E-state index in [0.717, 1.165) is 32.1 Å². The standard InChI is InChI=1S/C37H60N2O6/c1-32(2,30(41)42)23-29(40)45-28-13-15-34(5)26(33(28,3)4)12-16-36(7)27(34)11-10-24-25-9-8-14-37(25,18-17-35(24,36)6)38-31(43)39-19-21-44-22-20-39/h24-28H,8-23H2,1-7H3,(H,38,43)(H,41,42)/t24?,25?,26?,27?,28?,34?,35-,36?,37?/m1/s1. The van der Waals surface area contributed by atoms with Crippen LogP contribution in [0, 0.1) is 50.7 Å². The Morgan fingerprint density at radius 2 is 1.56 bits per heavy atom. The van der Waals surface area contributed by atoms with E-state index in [1.54, 1.807) is 13.8 Å². The number of carbonyl (C=O) groups excluding carboxylic acids is 2. The first kappa shape index (κ1) is 33.1. The van der Waals surface area contributed by atoms with E-state index >= 15 is 0 Å². The molecule has 9 atom stereocenters. The average molecular weight is 629 g/mol. The first-order chi connectivity index (χ1) is 21.0. The van der Waals surface area contributed by atoms with Crippen LogP contribution in [0.4, 0.5) is 4.79 Å². The molecule has 6 aliphatic rings. The summed E-state index contributed by atoms with van der Waals surface area (Å²) in [7, 11) is 0. The van der Waals surface area contributed by atoms with Crippen LogP contribution in [0.1, 0.15) is 126 Å². The molecule has 2 amide bonds. The molecule has 8 unspecified atom stereocenters. The molecule has 8 heteroatoms. The summed E-state index contributed by atoms with van der Waals surface area (Å²) in [6, 6.07) is 0.118. The normalized spacial score (nSPS) is 44.1. The van der Waals surface area contributed by atoms with Crippen LogP contribution in [-0.2, 0) is 19.1 Å². The molecule has 5 saturated carbocycles. The largest absolute Gasteiger partial charge is 0.481 e. The van der Waals surface area contributed by atoms with Crippen molar-refractivity contribution in [3.8, 4) is 0 Å². The van der Waals surface area contributed by atoms with Crippen molar-refractivity contribution in [3.05, 3.63) is 0 Å². The zero-order chi connectivity index (χ0) is 32.6. The summed E-state index contributed by atoms with van der Waals surface area (Å²) in [6.07, 6.45) is 12.2. The van der Waals surface area contributed by atoms with Crippen LogP contribution in [0.15, 0.2) is 0 Å². The number of carboxylic acids is 1. The molecule has 1 saturated heterocycles. The molecule has 6 fully saturated rings. The number of urea groups is 1. The van der Waals surface area contributed by atoms with Gasteiger partial charge in [0, 0.05) is 24.0 Å². The van der Waals surface area contributed by atoms with Gasteiger partial charge in [0.05, 0.1) is 25.0 Å². The number of ether oxygens (including phenoxy) is 2. The van der Waals surface area contributed by atoms with Gasteiger partial charge < -0.3 is 24.8 Å². The Kier molecular flexibility index (Phi) is 8.18. The number of carbonyl (C=O) groups is 3. The second-order valence-corrected chi connectivity index (χ2v) is 18.1. The smallest absolute Gasteiger partial charge is 0.317 e. The van der Waals surface area contributed by atoms with Gasteiger partial charge in [0.25, 0.3) is 0 Å². The highest BCUT2D eigenvalue weighted by Crippen LogP contribution is 2.76. The van der Waals surface area contributed by atoms with Crippen LogP contribution < -0.4 is 5.32 Å². The Labute approximate surface area is 271 Å². The molecule has 45 heavy (non-hydrogen) atoms. The van der Waals surface area contributed by atoms with Gasteiger partial charge in [0.1, 0.15) is 6.10 Å². The highest BCUT2D eigenvalue weighted by molar-refractivity contribution is 5.81. The maximum atomic E-state index is 13.5. The van der Waals surface area contributed by atoms with Crippen molar-refractivity contribution in [2.24, 2.45) is 50.7 Å². The summed E-state index contributed by atoms with van der Waals surface area (Å²) in [5.41, 5.74) is -0.734. The number of morpholine rings is 1. The minimum atomic E-state index is -1.13.